The molecule has 0 aliphatic carbocycles. The molecule has 0 radical (unpaired) electrons. The lowest BCUT2D eigenvalue weighted by Crippen LogP contribution is -2.17. The standard InChI is InChI=1S/C14H18N4O/c1-14(2,3)13-17-10(7-11(15)18-13)9-5-6-12(19-4)16-8-9/h5-8H,1-4H3,(H2,15,17,18). The van der Waals surface area contributed by atoms with E-state index in [0.29, 0.717) is 11.7 Å². The van der Waals surface area contributed by atoms with E-state index < -0.39 is 0 Å². The summed E-state index contributed by atoms with van der Waals surface area (Å²) in [6.45, 7) is 6.16. The highest BCUT2D eigenvalue weighted by molar-refractivity contribution is 5.61. The number of anilines is 1. The maximum atomic E-state index is 5.85. The maximum absolute atomic E-state index is 5.85. The molecule has 2 aromatic rings. The fraction of sp³-hybridized carbons (Fsp3) is 0.357. The van der Waals surface area contributed by atoms with Gasteiger partial charge in [-0.1, -0.05) is 20.8 Å². The summed E-state index contributed by atoms with van der Waals surface area (Å²) < 4.78 is 5.04. The number of nitrogens with two attached hydrogens (primary N) is 1. The Labute approximate surface area is 112 Å². The Kier molecular flexibility index (Phi) is 3.38. The van der Waals surface area contributed by atoms with Gasteiger partial charge in [0.05, 0.1) is 12.8 Å². The van der Waals surface area contributed by atoms with Gasteiger partial charge in [0.25, 0.3) is 0 Å². The average molecular weight is 258 g/mol. The van der Waals surface area contributed by atoms with Crippen LogP contribution in [-0.4, -0.2) is 22.1 Å². The van der Waals surface area contributed by atoms with Gasteiger partial charge in [-0.05, 0) is 6.07 Å². The van der Waals surface area contributed by atoms with Crippen molar-refractivity contribution in [3.8, 4) is 17.1 Å². The number of hydrogen-bond acceptors (Lipinski definition) is 5. The van der Waals surface area contributed by atoms with Crippen LogP contribution in [0.5, 0.6) is 5.88 Å². The molecule has 0 aliphatic heterocycles. The summed E-state index contributed by atoms with van der Waals surface area (Å²) in [6, 6.07) is 5.45. The van der Waals surface area contributed by atoms with E-state index in [2.05, 4.69) is 35.7 Å². The number of methoxy groups -OCH3 is 1. The van der Waals surface area contributed by atoms with Crippen LogP contribution in [0.1, 0.15) is 26.6 Å². The third kappa shape index (κ3) is 2.99. The van der Waals surface area contributed by atoms with Crippen molar-refractivity contribution in [1.29, 1.82) is 0 Å². The van der Waals surface area contributed by atoms with Crippen molar-refractivity contribution in [1.82, 2.24) is 15.0 Å². The van der Waals surface area contributed by atoms with Gasteiger partial charge >= 0.3 is 0 Å². The largest absolute Gasteiger partial charge is 0.481 e. The summed E-state index contributed by atoms with van der Waals surface area (Å²) in [6.07, 6.45) is 1.72. The lowest BCUT2D eigenvalue weighted by atomic mass is 9.95. The molecule has 5 heteroatoms. The Hall–Kier alpha value is -2.17. The van der Waals surface area contributed by atoms with Crippen molar-refractivity contribution in [2.45, 2.75) is 26.2 Å². The molecule has 19 heavy (non-hydrogen) atoms. The smallest absolute Gasteiger partial charge is 0.212 e. The summed E-state index contributed by atoms with van der Waals surface area (Å²) >= 11 is 0. The third-order valence-corrected chi connectivity index (χ3v) is 2.66. The fourth-order valence-corrected chi connectivity index (χ4v) is 1.60. The van der Waals surface area contributed by atoms with Crippen molar-refractivity contribution in [2.24, 2.45) is 0 Å². The molecule has 5 nitrogen and oxygen atoms in total. The van der Waals surface area contributed by atoms with Crippen molar-refractivity contribution in [2.75, 3.05) is 12.8 Å². The zero-order valence-electron chi connectivity index (χ0n) is 11.6. The summed E-state index contributed by atoms with van der Waals surface area (Å²) in [5.41, 5.74) is 7.36. The topological polar surface area (TPSA) is 73.9 Å². The average Bonchev–Trinajstić information content (AvgIpc) is 2.37. The Bertz CT molecular complexity index is 573. The summed E-state index contributed by atoms with van der Waals surface area (Å²) in [5.74, 6) is 1.76. The molecular weight excluding hydrogens is 240 g/mol. The molecule has 0 fully saturated rings. The lowest BCUT2D eigenvalue weighted by Gasteiger charge is -2.17. The second-order valence-corrected chi connectivity index (χ2v) is 5.34. The van der Waals surface area contributed by atoms with Gasteiger partial charge in [0, 0.05) is 29.3 Å². The van der Waals surface area contributed by atoms with Gasteiger partial charge in [0.2, 0.25) is 5.88 Å². The number of hydrogen-bond donors (Lipinski definition) is 1. The minimum absolute atomic E-state index is 0.149. The van der Waals surface area contributed by atoms with Crippen LogP contribution in [0.15, 0.2) is 24.4 Å². The number of nitrogens with zero attached hydrogens (tertiary/aromatic N) is 3. The normalized spacial score (nSPS) is 11.4. The molecule has 0 spiro atoms. The van der Waals surface area contributed by atoms with Crippen molar-refractivity contribution < 1.29 is 4.74 Å². The second kappa shape index (κ2) is 4.84. The Morgan fingerprint density at radius 1 is 1.16 bits per heavy atom. The quantitative estimate of drug-likeness (QED) is 0.895. The zero-order valence-corrected chi connectivity index (χ0v) is 11.6. The van der Waals surface area contributed by atoms with Crippen LogP contribution in [0, 0.1) is 0 Å². The van der Waals surface area contributed by atoms with E-state index in [9.17, 15) is 0 Å². The monoisotopic (exact) mass is 258 g/mol. The van der Waals surface area contributed by atoms with Crippen LogP contribution < -0.4 is 10.5 Å². The van der Waals surface area contributed by atoms with E-state index in [4.69, 9.17) is 10.5 Å². The van der Waals surface area contributed by atoms with E-state index in [-0.39, 0.29) is 5.41 Å². The molecule has 0 aromatic carbocycles. The van der Waals surface area contributed by atoms with Gasteiger partial charge < -0.3 is 10.5 Å². The van der Waals surface area contributed by atoms with E-state index in [1.54, 1.807) is 25.4 Å². The Morgan fingerprint density at radius 2 is 1.89 bits per heavy atom. The lowest BCUT2D eigenvalue weighted by molar-refractivity contribution is 0.398. The number of pyridine rings is 1. The summed E-state index contributed by atoms with van der Waals surface area (Å²) in [5, 5.41) is 0. The first-order valence-corrected chi connectivity index (χ1v) is 6.05. The molecule has 0 atom stereocenters. The van der Waals surface area contributed by atoms with Gasteiger partial charge in [-0.2, -0.15) is 0 Å². The first-order chi connectivity index (χ1) is 8.90. The van der Waals surface area contributed by atoms with E-state index in [1.165, 1.54) is 0 Å². The van der Waals surface area contributed by atoms with Crippen LogP contribution in [0.4, 0.5) is 5.82 Å². The predicted molar refractivity (Wildman–Crippen MR) is 74.9 cm³/mol. The molecule has 0 saturated heterocycles. The molecule has 0 saturated carbocycles. The molecule has 2 N–H and O–H groups in total. The zero-order chi connectivity index (χ0) is 14.0. The van der Waals surface area contributed by atoms with Gasteiger partial charge in [-0.15, -0.1) is 0 Å². The van der Waals surface area contributed by atoms with Crippen LogP contribution in [0.3, 0.4) is 0 Å². The van der Waals surface area contributed by atoms with Crippen LogP contribution >= 0.6 is 0 Å². The number of aromatic nitrogens is 3. The minimum Gasteiger partial charge on any atom is -0.481 e. The first-order valence-electron chi connectivity index (χ1n) is 6.05. The maximum Gasteiger partial charge on any atom is 0.212 e. The van der Waals surface area contributed by atoms with E-state index in [1.807, 2.05) is 6.07 Å². The molecule has 0 bridgehead atoms. The molecule has 0 amide bonds. The van der Waals surface area contributed by atoms with Crippen molar-refractivity contribution in [3.63, 3.8) is 0 Å². The molecule has 0 unspecified atom stereocenters. The van der Waals surface area contributed by atoms with Crippen molar-refractivity contribution >= 4 is 5.82 Å². The summed E-state index contributed by atoms with van der Waals surface area (Å²) in [7, 11) is 1.59. The molecule has 100 valence electrons. The minimum atomic E-state index is -0.149. The Morgan fingerprint density at radius 3 is 2.42 bits per heavy atom. The predicted octanol–water partition coefficient (Wildman–Crippen LogP) is 2.43. The summed E-state index contributed by atoms with van der Waals surface area (Å²) in [4.78, 5) is 13.0. The van der Waals surface area contributed by atoms with Crippen molar-refractivity contribution in [3.05, 3.63) is 30.2 Å². The SMILES string of the molecule is COc1ccc(-c2cc(N)nc(C(C)(C)C)n2)cn1. The highest BCUT2D eigenvalue weighted by atomic mass is 16.5. The van der Waals surface area contributed by atoms with Gasteiger partial charge in [-0.25, -0.2) is 15.0 Å². The molecule has 2 aromatic heterocycles. The molecular formula is C14H18N4O. The van der Waals surface area contributed by atoms with Gasteiger partial charge in [0.15, 0.2) is 0 Å². The highest BCUT2D eigenvalue weighted by Crippen LogP contribution is 2.24. The highest BCUT2D eigenvalue weighted by Gasteiger charge is 2.19. The number of rotatable bonds is 2. The number of nitrogen functional groups attached to an aromatic ring is 1. The molecule has 2 rings (SSSR count). The Balaban J connectivity index is 2.46. The van der Waals surface area contributed by atoms with E-state index in [0.717, 1.165) is 17.1 Å². The van der Waals surface area contributed by atoms with Gasteiger partial charge in [-0.3, -0.25) is 0 Å². The van der Waals surface area contributed by atoms with E-state index >= 15 is 0 Å². The van der Waals surface area contributed by atoms with Gasteiger partial charge in [0.1, 0.15) is 11.6 Å². The van der Waals surface area contributed by atoms with Crippen LogP contribution in [-0.2, 0) is 5.41 Å². The molecule has 0 aliphatic rings. The van der Waals surface area contributed by atoms with Crippen LogP contribution in [0.2, 0.25) is 0 Å². The fourth-order valence-electron chi connectivity index (χ4n) is 1.60. The third-order valence-electron chi connectivity index (χ3n) is 2.66. The first kappa shape index (κ1) is 13.3. The molecule has 2 heterocycles. The number of ether oxygens (including phenoxy) is 1. The second-order valence-electron chi connectivity index (χ2n) is 5.34. The van der Waals surface area contributed by atoms with Crippen LogP contribution in [0.25, 0.3) is 11.3 Å².